The van der Waals surface area contributed by atoms with Crippen LogP contribution in [0.3, 0.4) is 0 Å². The average molecular weight is 521 g/mol. The van der Waals surface area contributed by atoms with Gasteiger partial charge in [-0.2, -0.15) is 5.10 Å². The molecule has 0 atom stereocenters. The number of rotatable bonds is 7. The van der Waals surface area contributed by atoms with Gasteiger partial charge in [-0.3, -0.25) is 15.1 Å². The number of aromatic amines is 2. The van der Waals surface area contributed by atoms with Crippen molar-refractivity contribution in [3.8, 4) is 22.6 Å². The summed E-state index contributed by atoms with van der Waals surface area (Å²) in [7, 11) is 2.23. The van der Waals surface area contributed by atoms with Gasteiger partial charge >= 0.3 is 0 Å². The number of piperidine rings is 1. The number of hydrogen-bond acceptors (Lipinski definition) is 6. The fraction of sp³-hybridized carbons (Fsp3) is 0.419. The molecule has 1 saturated heterocycles. The van der Waals surface area contributed by atoms with Crippen LogP contribution in [0.5, 0.6) is 0 Å². The van der Waals surface area contributed by atoms with Crippen LogP contribution in [-0.2, 0) is 6.54 Å². The Labute approximate surface area is 228 Å². The Morgan fingerprint density at radius 2 is 1.74 bits per heavy atom. The van der Waals surface area contributed by atoms with Gasteiger partial charge in [-0.25, -0.2) is 4.98 Å². The van der Waals surface area contributed by atoms with E-state index in [1.807, 2.05) is 24.8 Å². The summed E-state index contributed by atoms with van der Waals surface area (Å²) >= 11 is 0. The molecule has 8 nitrogen and oxygen atoms in total. The Kier molecular flexibility index (Phi) is 6.48. The summed E-state index contributed by atoms with van der Waals surface area (Å²) in [6, 6.07) is 8.72. The van der Waals surface area contributed by atoms with E-state index >= 15 is 0 Å². The first-order valence-electron chi connectivity index (χ1n) is 14.4. The Morgan fingerprint density at radius 3 is 2.62 bits per heavy atom. The number of benzene rings is 1. The first kappa shape index (κ1) is 24.3. The molecule has 1 saturated carbocycles. The Morgan fingerprint density at radius 1 is 0.897 bits per heavy atom. The van der Waals surface area contributed by atoms with Crippen molar-refractivity contribution in [3.63, 3.8) is 0 Å². The van der Waals surface area contributed by atoms with Crippen LogP contribution in [-0.4, -0.2) is 61.7 Å². The van der Waals surface area contributed by atoms with Gasteiger partial charge in [0.2, 0.25) is 0 Å². The van der Waals surface area contributed by atoms with Crippen LogP contribution in [0, 0.1) is 5.92 Å². The van der Waals surface area contributed by atoms with E-state index in [-0.39, 0.29) is 0 Å². The summed E-state index contributed by atoms with van der Waals surface area (Å²) in [5.41, 5.74) is 8.33. The number of fused-ring (bicyclic) bond motifs is 2. The third-order valence-electron chi connectivity index (χ3n) is 8.48. The summed E-state index contributed by atoms with van der Waals surface area (Å²) in [4.78, 5) is 22.5. The highest BCUT2D eigenvalue weighted by Gasteiger charge is 2.20. The summed E-state index contributed by atoms with van der Waals surface area (Å²) in [6.07, 6.45) is 17.0. The third-order valence-corrected chi connectivity index (χ3v) is 8.48. The van der Waals surface area contributed by atoms with E-state index < -0.39 is 0 Å². The number of H-pyrrole nitrogens is 2. The molecule has 5 heterocycles. The van der Waals surface area contributed by atoms with Gasteiger partial charge in [0.05, 0.1) is 29.1 Å². The topological polar surface area (TPSA) is 89.6 Å². The summed E-state index contributed by atoms with van der Waals surface area (Å²) in [5.74, 6) is 1.61. The second-order valence-corrected chi connectivity index (χ2v) is 11.4. The molecule has 200 valence electrons. The van der Waals surface area contributed by atoms with E-state index in [2.05, 4.69) is 66.3 Å². The smallest absolute Gasteiger partial charge is 0.159 e. The van der Waals surface area contributed by atoms with Crippen molar-refractivity contribution in [1.82, 2.24) is 35.0 Å². The van der Waals surface area contributed by atoms with Crippen molar-refractivity contribution < 1.29 is 0 Å². The first-order valence-corrected chi connectivity index (χ1v) is 14.4. The molecule has 5 aromatic rings. The fourth-order valence-corrected chi connectivity index (χ4v) is 6.51. The van der Waals surface area contributed by atoms with Crippen molar-refractivity contribution in [1.29, 1.82) is 0 Å². The quantitative estimate of drug-likeness (QED) is 0.267. The molecule has 4 aromatic heterocycles. The number of aromatic nitrogens is 6. The first-order chi connectivity index (χ1) is 19.2. The van der Waals surface area contributed by atoms with Gasteiger partial charge in [0.15, 0.2) is 5.82 Å². The molecule has 0 radical (unpaired) electrons. The highest BCUT2D eigenvalue weighted by molar-refractivity contribution is 5.97. The maximum atomic E-state index is 5.03. The number of anilines is 1. The van der Waals surface area contributed by atoms with E-state index in [1.54, 1.807) is 0 Å². The number of nitrogens with zero attached hydrogens (tertiary/aromatic N) is 6. The normalized spacial score (nSPS) is 16.7. The number of imidazole rings is 1. The monoisotopic (exact) mass is 520 g/mol. The van der Waals surface area contributed by atoms with Gasteiger partial charge < -0.3 is 14.8 Å². The van der Waals surface area contributed by atoms with Gasteiger partial charge in [-0.15, -0.1) is 0 Å². The predicted molar refractivity (Wildman–Crippen MR) is 157 cm³/mol. The zero-order valence-electron chi connectivity index (χ0n) is 22.7. The van der Waals surface area contributed by atoms with Crippen molar-refractivity contribution in [2.45, 2.75) is 51.5 Å². The van der Waals surface area contributed by atoms with Crippen LogP contribution in [0.1, 0.15) is 50.5 Å². The van der Waals surface area contributed by atoms with Crippen LogP contribution in [0.25, 0.3) is 44.6 Å². The van der Waals surface area contributed by atoms with Gasteiger partial charge in [-0.1, -0.05) is 18.9 Å². The molecule has 1 aliphatic heterocycles. The lowest BCUT2D eigenvalue weighted by atomic mass is 10.0. The molecule has 1 aromatic carbocycles. The van der Waals surface area contributed by atoms with E-state index in [0.717, 1.165) is 75.8 Å². The van der Waals surface area contributed by atoms with E-state index in [0.29, 0.717) is 0 Å². The molecule has 0 amide bonds. The highest BCUT2D eigenvalue weighted by atomic mass is 15.2. The highest BCUT2D eigenvalue weighted by Crippen LogP contribution is 2.33. The molecule has 1 aliphatic carbocycles. The van der Waals surface area contributed by atoms with Gasteiger partial charge in [0, 0.05) is 49.5 Å². The van der Waals surface area contributed by atoms with Crippen molar-refractivity contribution in [2.24, 2.45) is 5.92 Å². The molecule has 2 aliphatic rings. The van der Waals surface area contributed by atoms with E-state index in [4.69, 9.17) is 4.98 Å². The number of hydrogen-bond donors (Lipinski definition) is 2. The lowest BCUT2D eigenvalue weighted by Crippen LogP contribution is -2.29. The molecule has 0 unspecified atom stereocenters. The molecular weight excluding hydrogens is 484 g/mol. The SMILES string of the molecule is CN(Cc1cncc(-c2ccc3[nH]nc(-c4nc5c(N6CCCCC6)cncc5[nH]4)c3c2)c1)CC1CCCC1. The third kappa shape index (κ3) is 4.89. The summed E-state index contributed by atoms with van der Waals surface area (Å²) in [5, 5.41) is 8.91. The number of pyridine rings is 2. The maximum Gasteiger partial charge on any atom is 0.159 e. The van der Waals surface area contributed by atoms with Crippen molar-refractivity contribution in [2.75, 3.05) is 31.6 Å². The van der Waals surface area contributed by atoms with Gasteiger partial charge in [0.1, 0.15) is 11.2 Å². The molecule has 7 rings (SSSR count). The van der Waals surface area contributed by atoms with Crippen LogP contribution < -0.4 is 4.90 Å². The van der Waals surface area contributed by atoms with Crippen LogP contribution in [0.15, 0.2) is 49.1 Å². The zero-order chi connectivity index (χ0) is 26.2. The largest absolute Gasteiger partial charge is 0.368 e. The van der Waals surface area contributed by atoms with E-state index in [9.17, 15) is 0 Å². The van der Waals surface area contributed by atoms with Crippen molar-refractivity contribution in [3.05, 3.63) is 54.6 Å². The molecule has 2 N–H and O–H groups in total. The minimum atomic E-state index is 0.764. The standard InChI is InChI=1S/C31H36N8/c1-38(19-21-7-3-4-8-21)20-22-13-24(16-32-15-22)23-9-10-26-25(14-23)29(37-36-26)31-34-27-17-33-18-28(30(27)35-31)39-11-5-2-6-12-39/h9-10,13-18,21H,2-8,11-12,19-20H2,1H3,(H,34,35)(H,36,37). The Hall–Kier alpha value is -3.78. The van der Waals surface area contributed by atoms with Crippen molar-refractivity contribution >= 4 is 27.6 Å². The molecule has 8 heteroatoms. The number of nitrogens with one attached hydrogen (secondary N) is 2. The lowest BCUT2D eigenvalue weighted by Gasteiger charge is -2.28. The summed E-state index contributed by atoms with van der Waals surface area (Å²) < 4.78 is 0. The molecule has 39 heavy (non-hydrogen) atoms. The minimum absolute atomic E-state index is 0.764. The molecule has 0 spiro atoms. The predicted octanol–water partition coefficient (Wildman–Crippen LogP) is 6.18. The molecule has 0 bridgehead atoms. The second kappa shape index (κ2) is 10.4. The summed E-state index contributed by atoms with van der Waals surface area (Å²) in [6.45, 7) is 4.20. The Balaban J connectivity index is 1.18. The van der Waals surface area contributed by atoms with Crippen LogP contribution in [0.4, 0.5) is 5.69 Å². The molecular formula is C31H36N8. The minimum Gasteiger partial charge on any atom is -0.368 e. The Bertz CT molecular complexity index is 1590. The van der Waals surface area contributed by atoms with Crippen LogP contribution in [0.2, 0.25) is 0 Å². The van der Waals surface area contributed by atoms with E-state index in [1.165, 1.54) is 57.1 Å². The zero-order valence-corrected chi connectivity index (χ0v) is 22.7. The van der Waals surface area contributed by atoms with Gasteiger partial charge in [0.25, 0.3) is 0 Å². The fourth-order valence-electron chi connectivity index (χ4n) is 6.51. The van der Waals surface area contributed by atoms with Gasteiger partial charge in [-0.05, 0) is 74.4 Å². The maximum absolute atomic E-state index is 5.03. The second-order valence-electron chi connectivity index (χ2n) is 11.4. The molecule has 2 fully saturated rings. The lowest BCUT2D eigenvalue weighted by molar-refractivity contribution is 0.271. The van der Waals surface area contributed by atoms with Crippen LogP contribution >= 0.6 is 0 Å². The average Bonchev–Trinajstić information content (AvgIpc) is 3.72.